The lowest BCUT2D eigenvalue weighted by atomic mass is 9.89. The molecule has 3 rings (SSSR count). The Bertz CT molecular complexity index is 836. The minimum absolute atomic E-state index is 0.110. The van der Waals surface area contributed by atoms with Crippen LogP contribution >= 0.6 is 0 Å². The Kier molecular flexibility index (Phi) is 5.21. The van der Waals surface area contributed by atoms with Crippen molar-refractivity contribution in [2.24, 2.45) is 0 Å². The first kappa shape index (κ1) is 17.9. The van der Waals surface area contributed by atoms with Crippen LogP contribution in [0.25, 0.3) is 0 Å². The van der Waals surface area contributed by atoms with Gasteiger partial charge in [0.05, 0.1) is 13.0 Å². The summed E-state index contributed by atoms with van der Waals surface area (Å²) >= 11 is 0. The van der Waals surface area contributed by atoms with Crippen molar-refractivity contribution in [1.29, 1.82) is 0 Å². The summed E-state index contributed by atoms with van der Waals surface area (Å²) in [5.74, 6) is -2.19. The molecule has 1 atom stereocenters. The first-order valence-corrected chi connectivity index (χ1v) is 8.41. The zero-order valence-corrected chi connectivity index (χ0v) is 14.4. The molecule has 1 aliphatic rings. The van der Waals surface area contributed by atoms with Crippen molar-refractivity contribution < 1.29 is 23.8 Å². The number of amides is 1. The van der Waals surface area contributed by atoms with Gasteiger partial charge in [0, 0.05) is 19.5 Å². The number of carbonyl (C=O) groups is 2. The van der Waals surface area contributed by atoms with E-state index < -0.39 is 17.7 Å². The average Bonchev–Trinajstić information content (AvgIpc) is 2.65. The van der Waals surface area contributed by atoms with E-state index in [1.165, 1.54) is 13.2 Å². The maximum atomic E-state index is 14.2. The molecule has 0 radical (unpaired) electrons. The number of fused-ring (bicyclic) bond motifs is 1. The van der Waals surface area contributed by atoms with Gasteiger partial charge < -0.3 is 14.7 Å². The summed E-state index contributed by atoms with van der Waals surface area (Å²) in [6, 6.07) is 12.1. The number of carbonyl (C=O) groups excluding carboxylic acids is 1. The fourth-order valence-electron chi connectivity index (χ4n) is 3.31. The molecule has 0 aliphatic carbocycles. The number of rotatable bonds is 5. The van der Waals surface area contributed by atoms with Gasteiger partial charge in [0.1, 0.15) is 0 Å². The fraction of sp³-hybridized carbons (Fsp3) is 0.300. The lowest BCUT2D eigenvalue weighted by Crippen LogP contribution is -2.40. The maximum absolute atomic E-state index is 14.2. The molecular weight excluding hydrogens is 337 g/mol. The number of hydrogen-bond donors (Lipinski definition) is 1. The third-order valence-electron chi connectivity index (χ3n) is 4.72. The number of aryl methyl sites for hydroxylation is 1. The number of carboxylic acids is 1. The molecule has 0 saturated carbocycles. The number of aliphatic carboxylic acids is 1. The van der Waals surface area contributed by atoms with Gasteiger partial charge in [-0.1, -0.05) is 36.4 Å². The van der Waals surface area contributed by atoms with Gasteiger partial charge in [-0.25, -0.2) is 4.39 Å². The number of methoxy groups -OCH3 is 1. The third kappa shape index (κ3) is 3.54. The highest BCUT2D eigenvalue weighted by molar-refractivity contribution is 5.81. The number of hydrogen-bond acceptors (Lipinski definition) is 3. The number of benzene rings is 2. The van der Waals surface area contributed by atoms with Crippen molar-refractivity contribution in [3.63, 3.8) is 0 Å². The largest absolute Gasteiger partial charge is 0.494 e. The summed E-state index contributed by atoms with van der Waals surface area (Å²) in [5, 5.41) is 9.49. The van der Waals surface area contributed by atoms with Crippen LogP contribution in [0.2, 0.25) is 0 Å². The van der Waals surface area contributed by atoms with Crippen molar-refractivity contribution in [3.8, 4) is 5.75 Å². The second kappa shape index (κ2) is 7.56. The van der Waals surface area contributed by atoms with Crippen molar-refractivity contribution in [2.75, 3.05) is 13.7 Å². The Balaban J connectivity index is 1.72. The van der Waals surface area contributed by atoms with Crippen LogP contribution < -0.4 is 4.74 Å². The van der Waals surface area contributed by atoms with Crippen LogP contribution in [0.1, 0.15) is 29.0 Å². The van der Waals surface area contributed by atoms with Gasteiger partial charge in [0.15, 0.2) is 11.6 Å². The summed E-state index contributed by atoms with van der Waals surface area (Å²) in [4.78, 5) is 25.7. The van der Waals surface area contributed by atoms with Crippen LogP contribution in [0, 0.1) is 5.82 Å². The molecule has 5 nitrogen and oxygen atoms in total. The Hall–Kier alpha value is -2.89. The molecule has 1 amide bonds. The van der Waals surface area contributed by atoms with Crippen molar-refractivity contribution in [1.82, 2.24) is 4.90 Å². The van der Waals surface area contributed by atoms with E-state index in [9.17, 15) is 19.1 Å². The van der Waals surface area contributed by atoms with Gasteiger partial charge >= 0.3 is 5.97 Å². The molecule has 0 spiro atoms. The molecule has 26 heavy (non-hydrogen) atoms. The Morgan fingerprint density at radius 1 is 1.23 bits per heavy atom. The van der Waals surface area contributed by atoms with Crippen LogP contribution in [0.3, 0.4) is 0 Å². The topological polar surface area (TPSA) is 66.8 Å². The van der Waals surface area contributed by atoms with Crippen LogP contribution in [-0.4, -0.2) is 35.5 Å². The van der Waals surface area contributed by atoms with Gasteiger partial charge in [0.25, 0.3) is 0 Å². The quantitative estimate of drug-likeness (QED) is 0.893. The Labute approximate surface area is 151 Å². The van der Waals surface area contributed by atoms with E-state index in [4.69, 9.17) is 4.74 Å². The molecular formula is C20H20FNO4. The summed E-state index contributed by atoms with van der Waals surface area (Å²) in [7, 11) is 1.39. The van der Waals surface area contributed by atoms with E-state index in [0.29, 0.717) is 12.1 Å². The van der Waals surface area contributed by atoms with E-state index in [-0.39, 0.29) is 31.0 Å². The van der Waals surface area contributed by atoms with Crippen molar-refractivity contribution in [2.45, 2.75) is 25.3 Å². The molecule has 0 fully saturated rings. The summed E-state index contributed by atoms with van der Waals surface area (Å²) < 4.78 is 19.2. The normalized spacial score (nSPS) is 16.1. The van der Waals surface area contributed by atoms with E-state index in [1.807, 2.05) is 12.1 Å². The van der Waals surface area contributed by atoms with Crippen LogP contribution in [-0.2, 0) is 22.6 Å². The zero-order chi connectivity index (χ0) is 18.7. The van der Waals surface area contributed by atoms with Crippen molar-refractivity contribution >= 4 is 11.9 Å². The average molecular weight is 357 g/mol. The first-order chi connectivity index (χ1) is 12.5. The number of nitrogens with zero attached hydrogens (tertiary/aromatic N) is 1. The number of halogens is 1. The monoisotopic (exact) mass is 357 g/mol. The highest BCUT2D eigenvalue weighted by Crippen LogP contribution is 2.29. The number of carboxylic acid groups (broad SMARTS) is 1. The highest BCUT2D eigenvalue weighted by Gasteiger charge is 2.32. The Morgan fingerprint density at radius 3 is 2.73 bits per heavy atom. The first-order valence-electron chi connectivity index (χ1n) is 8.41. The van der Waals surface area contributed by atoms with Gasteiger partial charge in [-0.3, -0.25) is 9.59 Å². The standard InChI is InChI=1S/C20H20FNO4/c1-26-17-8-4-6-13(19(17)21)9-10-18(23)22-11-14-5-2-3-7-15(14)16(12-22)20(24)25/h2-8,16H,9-12H2,1H3,(H,24,25). The van der Waals surface area contributed by atoms with Gasteiger partial charge in [-0.2, -0.15) is 0 Å². The molecule has 6 heteroatoms. The third-order valence-corrected chi connectivity index (χ3v) is 4.72. The van der Waals surface area contributed by atoms with E-state index in [1.54, 1.807) is 29.2 Å². The summed E-state index contributed by atoms with van der Waals surface area (Å²) in [6.45, 7) is 0.505. The summed E-state index contributed by atoms with van der Waals surface area (Å²) in [6.07, 6.45) is 0.344. The van der Waals surface area contributed by atoms with Gasteiger partial charge in [-0.15, -0.1) is 0 Å². The van der Waals surface area contributed by atoms with Gasteiger partial charge in [0.2, 0.25) is 5.91 Å². The predicted molar refractivity (Wildman–Crippen MR) is 93.5 cm³/mol. The molecule has 0 saturated heterocycles. The molecule has 1 aliphatic heterocycles. The van der Waals surface area contributed by atoms with Gasteiger partial charge in [-0.05, 0) is 29.2 Å². The molecule has 1 N–H and O–H groups in total. The SMILES string of the molecule is COc1cccc(CCC(=O)N2Cc3ccccc3C(C(=O)O)C2)c1F. The minimum atomic E-state index is -0.950. The number of ether oxygens (including phenoxy) is 1. The smallest absolute Gasteiger partial charge is 0.312 e. The molecule has 136 valence electrons. The van der Waals surface area contributed by atoms with E-state index in [0.717, 1.165) is 11.1 Å². The second-order valence-corrected chi connectivity index (χ2v) is 6.30. The Morgan fingerprint density at radius 2 is 2.00 bits per heavy atom. The molecule has 2 aromatic carbocycles. The molecule has 1 heterocycles. The molecule has 0 aromatic heterocycles. The van der Waals surface area contributed by atoms with Crippen LogP contribution in [0.4, 0.5) is 4.39 Å². The van der Waals surface area contributed by atoms with Crippen LogP contribution in [0.15, 0.2) is 42.5 Å². The van der Waals surface area contributed by atoms with E-state index >= 15 is 0 Å². The second-order valence-electron chi connectivity index (χ2n) is 6.30. The minimum Gasteiger partial charge on any atom is -0.494 e. The molecule has 1 unspecified atom stereocenters. The zero-order valence-electron chi connectivity index (χ0n) is 14.4. The van der Waals surface area contributed by atoms with Crippen molar-refractivity contribution in [3.05, 3.63) is 65.0 Å². The van der Waals surface area contributed by atoms with Crippen LogP contribution in [0.5, 0.6) is 5.75 Å². The lowest BCUT2D eigenvalue weighted by molar-refractivity contribution is -0.141. The molecule has 2 aromatic rings. The fourth-order valence-corrected chi connectivity index (χ4v) is 3.31. The summed E-state index contributed by atoms with van der Waals surface area (Å²) in [5.41, 5.74) is 2.00. The van der Waals surface area contributed by atoms with E-state index in [2.05, 4.69) is 0 Å². The predicted octanol–water partition coefficient (Wildman–Crippen LogP) is 2.98. The highest BCUT2D eigenvalue weighted by atomic mass is 19.1. The molecule has 0 bridgehead atoms. The maximum Gasteiger partial charge on any atom is 0.312 e. The lowest BCUT2D eigenvalue weighted by Gasteiger charge is -2.33.